The molecule has 118 valence electrons. The van der Waals surface area contributed by atoms with Gasteiger partial charge in [0.05, 0.1) is 6.54 Å². The minimum absolute atomic E-state index is 0.706. The van der Waals surface area contributed by atoms with Crippen LogP contribution < -0.4 is 5.32 Å². The number of aromatic nitrogens is 3. The number of hydrogen-bond acceptors (Lipinski definition) is 3. The first kappa shape index (κ1) is 15.4. The second-order valence-corrected chi connectivity index (χ2v) is 5.64. The number of nitrogens with one attached hydrogen (secondary N) is 1. The first-order valence-electron chi connectivity index (χ1n) is 8.02. The summed E-state index contributed by atoms with van der Waals surface area (Å²) in [5.74, 6) is 0. The molecule has 0 aliphatic heterocycles. The maximum Gasteiger partial charge on any atom is 0.117 e. The Bertz CT molecular complexity index is 745. The number of aryl methyl sites for hydroxylation is 2. The van der Waals surface area contributed by atoms with E-state index in [0.717, 1.165) is 30.0 Å². The average Bonchev–Trinajstić information content (AvgIpc) is 3.01. The van der Waals surface area contributed by atoms with E-state index in [4.69, 9.17) is 0 Å². The lowest BCUT2D eigenvalue weighted by molar-refractivity contribution is 0.558. The van der Waals surface area contributed by atoms with Crippen LogP contribution in [-0.2, 0) is 19.6 Å². The fourth-order valence-corrected chi connectivity index (χ4v) is 2.49. The number of rotatable bonds is 6. The van der Waals surface area contributed by atoms with E-state index in [1.54, 1.807) is 4.80 Å². The van der Waals surface area contributed by atoms with Crippen LogP contribution in [0.1, 0.15) is 23.7 Å². The number of nitrogens with zero attached hydrogens (tertiary/aromatic N) is 3. The van der Waals surface area contributed by atoms with Crippen LogP contribution in [0.15, 0.2) is 54.6 Å². The van der Waals surface area contributed by atoms with Gasteiger partial charge in [-0.15, -0.1) is 0 Å². The summed E-state index contributed by atoms with van der Waals surface area (Å²) < 4.78 is 0. The molecule has 0 saturated carbocycles. The topological polar surface area (TPSA) is 42.7 Å². The molecule has 0 aliphatic rings. The monoisotopic (exact) mass is 306 g/mol. The average molecular weight is 306 g/mol. The Morgan fingerprint density at radius 3 is 2.35 bits per heavy atom. The molecule has 0 fully saturated rings. The third-order valence-corrected chi connectivity index (χ3v) is 3.80. The van der Waals surface area contributed by atoms with E-state index in [-0.39, 0.29) is 0 Å². The van der Waals surface area contributed by atoms with Crippen molar-refractivity contribution in [2.45, 2.75) is 33.5 Å². The van der Waals surface area contributed by atoms with Crippen LogP contribution in [0, 0.1) is 6.92 Å². The van der Waals surface area contributed by atoms with Gasteiger partial charge in [-0.2, -0.15) is 15.0 Å². The summed E-state index contributed by atoms with van der Waals surface area (Å²) in [6, 6.07) is 18.8. The summed E-state index contributed by atoms with van der Waals surface area (Å²) in [5.41, 5.74) is 5.62. The Balaban J connectivity index is 1.72. The van der Waals surface area contributed by atoms with Gasteiger partial charge in [-0.3, -0.25) is 0 Å². The van der Waals surface area contributed by atoms with Crippen molar-refractivity contribution >= 4 is 0 Å². The lowest BCUT2D eigenvalue weighted by Gasteiger charge is -2.05. The lowest BCUT2D eigenvalue weighted by atomic mass is 10.1. The van der Waals surface area contributed by atoms with E-state index < -0.39 is 0 Å². The van der Waals surface area contributed by atoms with Crippen molar-refractivity contribution < 1.29 is 0 Å². The normalized spacial score (nSPS) is 10.9. The molecule has 1 aromatic heterocycles. The fourth-order valence-electron chi connectivity index (χ4n) is 2.49. The molecule has 2 aromatic carbocycles. The predicted molar refractivity (Wildman–Crippen MR) is 92.9 cm³/mol. The van der Waals surface area contributed by atoms with Crippen molar-refractivity contribution in [2.75, 3.05) is 0 Å². The Kier molecular flexibility index (Phi) is 4.83. The van der Waals surface area contributed by atoms with Gasteiger partial charge in [0.25, 0.3) is 0 Å². The molecule has 0 bridgehead atoms. The molecular weight excluding hydrogens is 284 g/mol. The maximum atomic E-state index is 4.60. The summed E-state index contributed by atoms with van der Waals surface area (Å²) >= 11 is 0. The minimum atomic E-state index is 0.706. The summed E-state index contributed by atoms with van der Waals surface area (Å²) in [4.78, 5) is 1.76. The molecule has 4 heteroatoms. The summed E-state index contributed by atoms with van der Waals surface area (Å²) in [6.45, 7) is 6.47. The molecule has 3 rings (SSSR count). The number of benzene rings is 2. The highest BCUT2D eigenvalue weighted by Crippen LogP contribution is 2.19. The Hall–Kier alpha value is -2.46. The van der Waals surface area contributed by atoms with E-state index in [0.29, 0.717) is 6.54 Å². The highest BCUT2D eigenvalue weighted by Gasteiger charge is 2.12. The van der Waals surface area contributed by atoms with Crippen molar-refractivity contribution in [3.05, 3.63) is 71.4 Å². The molecule has 0 radical (unpaired) electrons. The highest BCUT2D eigenvalue weighted by atomic mass is 15.5. The molecule has 1 heterocycles. The van der Waals surface area contributed by atoms with Gasteiger partial charge in [-0.05, 0) is 19.4 Å². The van der Waals surface area contributed by atoms with E-state index in [1.165, 1.54) is 11.1 Å². The van der Waals surface area contributed by atoms with Crippen molar-refractivity contribution in [3.8, 4) is 11.3 Å². The smallest absolute Gasteiger partial charge is 0.117 e. The Morgan fingerprint density at radius 1 is 0.913 bits per heavy atom. The van der Waals surface area contributed by atoms with Crippen molar-refractivity contribution in [1.29, 1.82) is 0 Å². The molecule has 4 nitrogen and oxygen atoms in total. The largest absolute Gasteiger partial charge is 0.307 e. The van der Waals surface area contributed by atoms with E-state index in [9.17, 15) is 0 Å². The van der Waals surface area contributed by atoms with Gasteiger partial charge in [0, 0.05) is 18.7 Å². The third kappa shape index (κ3) is 3.85. The molecule has 23 heavy (non-hydrogen) atoms. The van der Waals surface area contributed by atoms with Gasteiger partial charge in [0.2, 0.25) is 0 Å². The third-order valence-electron chi connectivity index (χ3n) is 3.80. The van der Waals surface area contributed by atoms with Gasteiger partial charge >= 0.3 is 0 Å². The molecule has 0 unspecified atom stereocenters. The zero-order valence-electron chi connectivity index (χ0n) is 13.7. The highest BCUT2D eigenvalue weighted by molar-refractivity contribution is 5.60. The summed E-state index contributed by atoms with van der Waals surface area (Å²) in [6.07, 6.45) is 0. The zero-order valence-corrected chi connectivity index (χ0v) is 13.7. The van der Waals surface area contributed by atoms with Crippen LogP contribution in [0.5, 0.6) is 0 Å². The quantitative estimate of drug-likeness (QED) is 0.757. The first-order valence-corrected chi connectivity index (χ1v) is 8.02. The Labute approximate surface area is 137 Å². The SMILES string of the molecule is CCn1nc(CNCc2ccc(C)cc2)c(-c2ccccc2)n1. The van der Waals surface area contributed by atoms with Crippen LogP contribution in [0.3, 0.4) is 0 Å². The van der Waals surface area contributed by atoms with Gasteiger partial charge in [0.1, 0.15) is 11.4 Å². The predicted octanol–water partition coefficient (Wildman–Crippen LogP) is 3.56. The van der Waals surface area contributed by atoms with Crippen LogP contribution >= 0.6 is 0 Å². The van der Waals surface area contributed by atoms with Crippen molar-refractivity contribution in [1.82, 2.24) is 20.3 Å². The molecule has 0 spiro atoms. The van der Waals surface area contributed by atoms with E-state index in [1.807, 2.05) is 18.2 Å². The van der Waals surface area contributed by atoms with Crippen molar-refractivity contribution in [3.63, 3.8) is 0 Å². The molecule has 0 atom stereocenters. The molecular formula is C19H22N4. The van der Waals surface area contributed by atoms with Gasteiger partial charge in [-0.1, -0.05) is 60.2 Å². The zero-order chi connectivity index (χ0) is 16.1. The molecule has 0 aliphatic carbocycles. The molecule has 0 saturated heterocycles. The van der Waals surface area contributed by atoms with Crippen LogP contribution in [0.2, 0.25) is 0 Å². The molecule has 3 aromatic rings. The fraction of sp³-hybridized carbons (Fsp3) is 0.263. The van der Waals surface area contributed by atoms with Crippen LogP contribution in [0.4, 0.5) is 0 Å². The van der Waals surface area contributed by atoms with E-state index >= 15 is 0 Å². The second kappa shape index (κ2) is 7.20. The second-order valence-electron chi connectivity index (χ2n) is 5.64. The van der Waals surface area contributed by atoms with Crippen LogP contribution in [-0.4, -0.2) is 15.0 Å². The molecule has 0 amide bonds. The van der Waals surface area contributed by atoms with E-state index in [2.05, 4.69) is 65.8 Å². The van der Waals surface area contributed by atoms with Crippen LogP contribution in [0.25, 0.3) is 11.3 Å². The first-order chi connectivity index (χ1) is 11.3. The Morgan fingerprint density at radius 2 is 1.65 bits per heavy atom. The standard InChI is InChI=1S/C19H22N4/c1-3-23-21-18(19(22-23)17-7-5-4-6-8-17)14-20-13-16-11-9-15(2)10-12-16/h4-12,20H,3,13-14H2,1-2H3. The summed E-state index contributed by atoms with van der Waals surface area (Å²) in [5, 5.41) is 12.7. The van der Waals surface area contributed by atoms with Crippen molar-refractivity contribution in [2.24, 2.45) is 0 Å². The van der Waals surface area contributed by atoms with Gasteiger partial charge in [0.15, 0.2) is 0 Å². The lowest BCUT2D eigenvalue weighted by Crippen LogP contribution is -2.14. The maximum absolute atomic E-state index is 4.60. The molecule has 1 N–H and O–H groups in total. The summed E-state index contributed by atoms with van der Waals surface area (Å²) in [7, 11) is 0. The van der Waals surface area contributed by atoms with Gasteiger partial charge < -0.3 is 5.32 Å². The number of hydrogen-bond donors (Lipinski definition) is 1. The van der Waals surface area contributed by atoms with Gasteiger partial charge in [-0.25, -0.2) is 0 Å². The minimum Gasteiger partial charge on any atom is -0.307 e.